The summed E-state index contributed by atoms with van der Waals surface area (Å²) < 4.78 is 28.3. The average Bonchev–Trinajstić information content (AvgIpc) is 2.78. The van der Waals surface area contributed by atoms with Gasteiger partial charge in [-0.3, -0.25) is 9.10 Å². The molecule has 2 aromatic carbocycles. The maximum atomic E-state index is 13.4. The van der Waals surface area contributed by atoms with Gasteiger partial charge in [-0.1, -0.05) is 43.5 Å². The summed E-state index contributed by atoms with van der Waals surface area (Å²) in [6.45, 7) is 0.458. The van der Waals surface area contributed by atoms with E-state index in [2.05, 4.69) is 0 Å². The zero-order chi connectivity index (χ0) is 20.4. The van der Waals surface area contributed by atoms with Crippen LogP contribution in [0.3, 0.4) is 0 Å². The third-order valence-electron chi connectivity index (χ3n) is 6.18. The minimum absolute atomic E-state index is 0.104. The fourth-order valence-corrected chi connectivity index (χ4v) is 6.09. The second-order valence-electron chi connectivity index (χ2n) is 8.05. The Morgan fingerprint density at radius 1 is 1.00 bits per heavy atom. The smallest absolute Gasteiger partial charge is 0.264 e. The van der Waals surface area contributed by atoms with Crippen LogP contribution in [-0.2, 0) is 16.4 Å². The first-order valence-corrected chi connectivity index (χ1v) is 11.9. The highest BCUT2D eigenvalue weighted by Crippen LogP contribution is 2.32. The van der Waals surface area contributed by atoms with E-state index in [4.69, 9.17) is 0 Å². The molecule has 1 aliphatic carbocycles. The van der Waals surface area contributed by atoms with Crippen molar-refractivity contribution in [2.75, 3.05) is 17.9 Å². The van der Waals surface area contributed by atoms with Gasteiger partial charge in [-0.2, -0.15) is 0 Å². The number of carbonyl (C=O) groups excluding carboxylic acids is 1. The van der Waals surface area contributed by atoms with Crippen molar-refractivity contribution in [2.24, 2.45) is 0 Å². The van der Waals surface area contributed by atoms with E-state index in [1.807, 2.05) is 31.3 Å². The molecule has 1 saturated carbocycles. The van der Waals surface area contributed by atoms with E-state index in [0.717, 1.165) is 49.8 Å². The molecule has 4 rings (SSSR count). The van der Waals surface area contributed by atoms with E-state index in [-0.39, 0.29) is 16.8 Å². The lowest BCUT2D eigenvalue weighted by Gasteiger charge is -2.32. The fraction of sp³-hybridized carbons (Fsp3) is 0.435. The molecule has 0 unspecified atom stereocenters. The minimum atomic E-state index is -3.72. The fourth-order valence-electron chi connectivity index (χ4n) is 4.50. The van der Waals surface area contributed by atoms with Crippen LogP contribution in [-0.4, -0.2) is 38.9 Å². The van der Waals surface area contributed by atoms with Crippen molar-refractivity contribution in [1.29, 1.82) is 0 Å². The number of amides is 1. The zero-order valence-electron chi connectivity index (χ0n) is 16.9. The van der Waals surface area contributed by atoms with Crippen LogP contribution in [0.5, 0.6) is 0 Å². The van der Waals surface area contributed by atoms with E-state index in [1.54, 1.807) is 23.1 Å². The minimum Gasteiger partial charge on any atom is -0.339 e. The molecule has 0 bridgehead atoms. The predicted octanol–water partition coefficient (Wildman–Crippen LogP) is 4.23. The van der Waals surface area contributed by atoms with Gasteiger partial charge in [0.15, 0.2) is 0 Å². The van der Waals surface area contributed by atoms with Gasteiger partial charge in [0, 0.05) is 25.2 Å². The molecule has 1 amide bonds. The number of nitrogens with zero attached hydrogens (tertiary/aromatic N) is 2. The van der Waals surface area contributed by atoms with Crippen molar-refractivity contribution in [1.82, 2.24) is 4.90 Å². The first kappa shape index (κ1) is 20.0. The lowest BCUT2D eigenvalue weighted by Crippen LogP contribution is -2.38. The maximum absolute atomic E-state index is 13.4. The summed E-state index contributed by atoms with van der Waals surface area (Å²) in [6.07, 6.45) is 7.22. The Balaban J connectivity index is 1.62. The molecule has 0 radical (unpaired) electrons. The third kappa shape index (κ3) is 3.90. The van der Waals surface area contributed by atoms with Crippen LogP contribution in [0.2, 0.25) is 0 Å². The highest BCUT2D eigenvalue weighted by Gasteiger charge is 2.30. The summed E-state index contributed by atoms with van der Waals surface area (Å²) in [5.41, 5.74) is 2.23. The quantitative estimate of drug-likeness (QED) is 0.755. The van der Waals surface area contributed by atoms with Crippen LogP contribution in [0.15, 0.2) is 53.4 Å². The molecule has 6 heteroatoms. The first-order valence-electron chi connectivity index (χ1n) is 10.5. The van der Waals surface area contributed by atoms with Gasteiger partial charge in [0.05, 0.1) is 10.6 Å². The number of benzene rings is 2. The normalized spacial score (nSPS) is 17.6. The number of hydrogen-bond acceptors (Lipinski definition) is 3. The highest BCUT2D eigenvalue weighted by molar-refractivity contribution is 7.92. The molecule has 29 heavy (non-hydrogen) atoms. The Morgan fingerprint density at radius 2 is 1.76 bits per heavy atom. The summed E-state index contributed by atoms with van der Waals surface area (Å²) in [7, 11) is -1.89. The van der Waals surface area contributed by atoms with Crippen LogP contribution < -0.4 is 4.31 Å². The van der Waals surface area contributed by atoms with Gasteiger partial charge in [0.25, 0.3) is 15.9 Å². The SMILES string of the molecule is CN(C(=O)c1cccc(S(=O)(=O)N2CCCc3ccccc32)c1)C1CCCCC1. The summed E-state index contributed by atoms with van der Waals surface area (Å²) >= 11 is 0. The predicted molar refractivity (Wildman–Crippen MR) is 115 cm³/mol. The molecular weight excluding hydrogens is 384 g/mol. The van der Waals surface area contributed by atoms with Gasteiger partial charge in [0.1, 0.15) is 0 Å². The van der Waals surface area contributed by atoms with Crippen molar-refractivity contribution in [3.05, 3.63) is 59.7 Å². The van der Waals surface area contributed by atoms with E-state index in [1.165, 1.54) is 16.8 Å². The number of carbonyl (C=O) groups is 1. The molecule has 0 saturated heterocycles. The number of sulfonamides is 1. The van der Waals surface area contributed by atoms with Gasteiger partial charge in [-0.15, -0.1) is 0 Å². The number of anilines is 1. The summed E-state index contributed by atoms with van der Waals surface area (Å²) in [5.74, 6) is -0.104. The van der Waals surface area contributed by atoms with Crippen molar-refractivity contribution in [3.63, 3.8) is 0 Å². The number of rotatable bonds is 4. The van der Waals surface area contributed by atoms with Crippen molar-refractivity contribution in [2.45, 2.75) is 55.9 Å². The third-order valence-corrected chi connectivity index (χ3v) is 7.99. The Labute approximate surface area is 173 Å². The molecule has 2 aliphatic rings. The van der Waals surface area contributed by atoms with Crippen molar-refractivity contribution in [3.8, 4) is 0 Å². The largest absolute Gasteiger partial charge is 0.339 e. The van der Waals surface area contributed by atoms with E-state index >= 15 is 0 Å². The Hall–Kier alpha value is -2.34. The summed E-state index contributed by atoms with van der Waals surface area (Å²) in [6, 6.07) is 14.4. The molecule has 1 aliphatic heterocycles. The van der Waals surface area contributed by atoms with Crippen LogP contribution in [0.1, 0.15) is 54.4 Å². The molecule has 0 spiro atoms. The van der Waals surface area contributed by atoms with Gasteiger partial charge >= 0.3 is 0 Å². The molecule has 0 N–H and O–H groups in total. The van der Waals surface area contributed by atoms with Crippen LogP contribution >= 0.6 is 0 Å². The van der Waals surface area contributed by atoms with Gasteiger partial charge in [0.2, 0.25) is 0 Å². The zero-order valence-corrected chi connectivity index (χ0v) is 17.7. The molecule has 5 nitrogen and oxygen atoms in total. The Bertz CT molecular complexity index is 997. The number of para-hydroxylation sites is 1. The molecule has 154 valence electrons. The van der Waals surface area contributed by atoms with Gasteiger partial charge in [-0.05, 0) is 55.5 Å². The van der Waals surface area contributed by atoms with E-state index in [0.29, 0.717) is 12.1 Å². The summed E-state index contributed by atoms with van der Waals surface area (Å²) in [4.78, 5) is 15.0. The van der Waals surface area contributed by atoms with Crippen molar-refractivity contribution >= 4 is 21.6 Å². The van der Waals surface area contributed by atoms with Crippen molar-refractivity contribution < 1.29 is 13.2 Å². The first-order chi connectivity index (χ1) is 14.0. The lowest BCUT2D eigenvalue weighted by molar-refractivity contribution is 0.0696. The van der Waals surface area contributed by atoms with Crippen LogP contribution in [0.25, 0.3) is 0 Å². The average molecular weight is 413 g/mol. The molecule has 1 fully saturated rings. The number of fused-ring (bicyclic) bond motifs is 1. The summed E-state index contributed by atoms with van der Waals surface area (Å²) in [5, 5.41) is 0. The maximum Gasteiger partial charge on any atom is 0.264 e. The van der Waals surface area contributed by atoms with Gasteiger partial charge < -0.3 is 4.90 Å². The van der Waals surface area contributed by atoms with Gasteiger partial charge in [-0.25, -0.2) is 8.42 Å². The highest BCUT2D eigenvalue weighted by atomic mass is 32.2. The molecule has 1 heterocycles. The second-order valence-corrected chi connectivity index (χ2v) is 9.91. The number of hydrogen-bond donors (Lipinski definition) is 0. The van der Waals surface area contributed by atoms with Crippen LogP contribution in [0.4, 0.5) is 5.69 Å². The lowest BCUT2D eigenvalue weighted by atomic mass is 9.94. The monoisotopic (exact) mass is 412 g/mol. The molecule has 0 atom stereocenters. The molecular formula is C23H28N2O3S. The molecule has 0 aromatic heterocycles. The second kappa shape index (κ2) is 8.19. The Morgan fingerprint density at radius 3 is 2.55 bits per heavy atom. The topological polar surface area (TPSA) is 57.7 Å². The number of aryl methyl sites for hydroxylation is 1. The van der Waals surface area contributed by atoms with E-state index < -0.39 is 10.0 Å². The Kier molecular flexibility index (Phi) is 5.63. The molecule has 2 aromatic rings. The van der Waals surface area contributed by atoms with E-state index in [9.17, 15) is 13.2 Å². The van der Waals surface area contributed by atoms with Crippen LogP contribution in [0, 0.1) is 0 Å². The standard InChI is InChI=1S/C23H28N2O3S/c1-24(20-12-3-2-4-13-20)23(26)19-10-7-14-21(17-19)29(27,28)25-16-8-11-18-9-5-6-15-22(18)25/h5-7,9-10,14-15,17,20H,2-4,8,11-13,16H2,1H3.